The number of allylic oxidation sites excluding steroid dienone is 1. The number of aromatic hydroxyl groups is 1. The minimum atomic E-state index is -0.564. The van der Waals surface area contributed by atoms with Crippen molar-refractivity contribution < 1.29 is 19.4 Å². The molecule has 0 spiro atoms. The summed E-state index contributed by atoms with van der Waals surface area (Å²) in [5.41, 5.74) is 2.89. The van der Waals surface area contributed by atoms with Crippen molar-refractivity contribution in [3.05, 3.63) is 65.4 Å². The molecule has 1 aliphatic heterocycles. The largest absolute Gasteiger partial charge is 0.504 e. The lowest BCUT2D eigenvalue weighted by Gasteiger charge is -2.34. The van der Waals surface area contributed by atoms with Crippen LogP contribution in [0.2, 0.25) is 0 Å². The molecule has 0 unspecified atom stereocenters. The van der Waals surface area contributed by atoms with Crippen LogP contribution in [0.25, 0.3) is 0 Å². The first-order valence-corrected chi connectivity index (χ1v) is 11.0. The van der Waals surface area contributed by atoms with Crippen molar-refractivity contribution in [2.45, 2.75) is 26.8 Å². The van der Waals surface area contributed by atoms with Crippen molar-refractivity contribution in [2.24, 2.45) is 4.99 Å². The molecule has 30 heavy (non-hydrogen) atoms. The normalized spacial score (nSPS) is 16.3. The van der Waals surface area contributed by atoms with E-state index in [0.717, 1.165) is 22.1 Å². The number of esters is 1. The number of thioether (sulfide) groups is 1. The molecule has 0 aromatic heterocycles. The van der Waals surface area contributed by atoms with E-state index in [1.165, 1.54) is 11.8 Å². The second kappa shape index (κ2) is 9.71. The highest BCUT2D eigenvalue weighted by molar-refractivity contribution is 8.13. The monoisotopic (exact) mass is 426 g/mol. The Morgan fingerprint density at radius 2 is 1.90 bits per heavy atom. The Morgan fingerprint density at radius 1 is 1.17 bits per heavy atom. The molecule has 1 heterocycles. The van der Waals surface area contributed by atoms with Crippen LogP contribution in [0.5, 0.6) is 11.5 Å². The van der Waals surface area contributed by atoms with Crippen molar-refractivity contribution in [1.82, 2.24) is 0 Å². The lowest BCUT2D eigenvalue weighted by Crippen LogP contribution is -2.35. The van der Waals surface area contributed by atoms with Crippen molar-refractivity contribution >= 4 is 28.6 Å². The maximum Gasteiger partial charge on any atom is 0.338 e. The standard InChI is InChI=1S/C23H26N2O4S/c1-5-28-19-14-16(12-13-18(19)26)21-20(22(27)29-6-2)15(3)25(23(24-21)30-4)17-10-8-7-9-11-17/h7-14,21,26H,5-6H2,1-4H3/t21-/m1/s1. The molecule has 1 atom stereocenters. The van der Waals surface area contributed by atoms with Crippen LogP contribution < -0.4 is 9.64 Å². The Bertz CT molecular complexity index is 972. The molecule has 0 fully saturated rings. The van der Waals surface area contributed by atoms with Crippen LogP contribution in [0.15, 0.2) is 64.8 Å². The molecule has 2 aromatic rings. The van der Waals surface area contributed by atoms with Crippen molar-refractivity contribution in [3.8, 4) is 11.5 Å². The third-order valence-corrected chi connectivity index (χ3v) is 5.37. The molecule has 0 saturated carbocycles. The third kappa shape index (κ3) is 4.31. The average molecular weight is 427 g/mol. The van der Waals surface area contributed by atoms with Gasteiger partial charge in [0.1, 0.15) is 6.04 Å². The summed E-state index contributed by atoms with van der Waals surface area (Å²) in [5.74, 6) is 0.00731. The van der Waals surface area contributed by atoms with E-state index in [9.17, 15) is 9.90 Å². The van der Waals surface area contributed by atoms with Crippen LogP contribution in [-0.2, 0) is 9.53 Å². The average Bonchev–Trinajstić information content (AvgIpc) is 2.75. The zero-order chi connectivity index (χ0) is 21.7. The minimum Gasteiger partial charge on any atom is -0.504 e. The van der Waals surface area contributed by atoms with Crippen LogP contribution in [0.1, 0.15) is 32.4 Å². The molecule has 0 amide bonds. The highest BCUT2D eigenvalue weighted by Crippen LogP contribution is 2.40. The molecule has 158 valence electrons. The number of hydrogen-bond donors (Lipinski definition) is 1. The van der Waals surface area contributed by atoms with E-state index in [1.54, 1.807) is 25.1 Å². The second-order valence-corrected chi connectivity index (χ2v) is 7.34. The van der Waals surface area contributed by atoms with E-state index in [2.05, 4.69) is 0 Å². The topological polar surface area (TPSA) is 71.4 Å². The van der Waals surface area contributed by atoms with Crippen molar-refractivity contribution in [2.75, 3.05) is 24.4 Å². The fourth-order valence-electron chi connectivity index (χ4n) is 3.40. The number of para-hydroxylation sites is 1. The smallest absolute Gasteiger partial charge is 0.338 e. The predicted molar refractivity (Wildman–Crippen MR) is 121 cm³/mol. The van der Waals surface area contributed by atoms with E-state index in [4.69, 9.17) is 14.5 Å². The second-order valence-electron chi connectivity index (χ2n) is 6.57. The van der Waals surface area contributed by atoms with Crippen molar-refractivity contribution in [3.63, 3.8) is 0 Å². The minimum absolute atomic E-state index is 0.0507. The molecule has 0 radical (unpaired) electrons. The van der Waals surface area contributed by atoms with Gasteiger partial charge in [-0.3, -0.25) is 4.90 Å². The van der Waals surface area contributed by atoms with Gasteiger partial charge in [-0.05, 0) is 56.9 Å². The van der Waals surface area contributed by atoms with Gasteiger partial charge in [-0.15, -0.1) is 0 Å². The number of benzene rings is 2. The number of rotatable bonds is 6. The molecule has 6 nitrogen and oxygen atoms in total. The van der Waals surface area contributed by atoms with Crippen LogP contribution >= 0.6 is 11.8 Å². The molecule has 0 bridgehead atoms. The number of hydrogen-bond acceptors (Lipinski definition) is 7. The van der Waals surface area contributed by atoms with Crippen molar-refractivity contribution in [1.29, 1.82) is 0 Å². The van der Waals surface area contributed by atoms with E-state index in [0.29, 0.717) is 17.9 Å². The Morgan fingerprint density at radius 3 is 2.53 bits per heavy atom. The number of phenols is 1. The number of phenolic OH excluding ortho intramolecular Hbond substituents is 1. The van der Waals surface area contributed by atoms with Gasteiger partial charge >= 0.3 is 5.97 Å². The molecule has 3 rings (SSSR count). The lowest BCUT2D eigenvalue weighted by molar-refractivity contribution is -0.138. The highest BCUT2D eigenvalue weighted by Gasteiger charge is 2.35. The molecule has 2 aromatic carbocycles. The van der Waals surface area contributed by atoms with Gasteiger partial charge in [0.05, 0.1) is 18.8 Å². The van der Waals surface area contributed by atoms with Gasteiger partial charge in [-0.1, -0.05) is 36.0 Å². The summed E-state index contributed by atoms with van der Waals surface area (Å²) in [6, 6.07) is 14.3. The number of carbonyl (C=O) groups excluding carboxylic acids is 1. The van der Waals surface area contributed by atoms with Gasteiger partial charge in [0.2, 0.25) is 0 Å². The first-order valence-electron chi connectivity index (χ1n) is 9.82. The van der Waals surface area contributed by atoms with E-state index < -0.39 is 12.0 Å². The molecule has 0 saturated heterocycles. The molecule has 1 N–H and O–H groups in total. The number of amidine groups is 1. The molecular formula is C23H26N2O4S. The first-order chi connectivity index (χ1) is 14.5. The van der Waals surface area contributed by atoms with Crippen LogP contribution in [0.4, 0.5) is 5.69 Å². The maximum atomic E-state index is 13.0. The summed E-state index contributed by atoms with van der Waals surface area (Å²) >= 11 is 1.50. The summed E-state index contributed by atoms with van der Waals surface area (Å²) in [7, 11) is 0. The van der Waals surface area contributed by atoms with Gasteiger partial charge < -0.3 is 14.6 Å². The Labute approximate surface area is 181 Å². The molecular weight excluding hydrogens is 400 g/mol. The quantitative estimate of drug-likeness (QED) is 0.662. The summed E-state index contributed by atoms with van der Waals surface area (Å²) in [6.45, 7) is 6.23. The maximum absolute atomic E-state index is 13.0. The van der Waals surface area contributed by atoms with Gasteiger partial charge in [0.15, 0.2) is 16.7 Å². The Hall–Kier alpha value is -2.93. The molecule has 7 heteroatoms. The zero-order valence-corrected chi connectivity index (χ0v) is 18.4. The fraction of sp³-hybridized carbons (Fsp3) is 0.304. The first kappa shape index (κ1) is 21.8. The van der Waals surface area contributed by atoms with Gasteiger partial charge in [0.25, 0.3) is 0 Å². The Kier molecular flexibility index (Phi) is 7.05. The summed E-state index contributed by atoms with van der Waals surface area (Å²) < 4.78 is 10.9. The fourth-order valence-corrected chi connectivity index (χ4v) is 4.04. The number of carbonyl (C=O) groups is 1. The lowest BCUT2D eigenvalue weighted by atomic mass is 9.95. The third-order valence-electron chi connectivity index (χ3n) is 4.72. The number of anilines is 1. The van der Waals surface area contributed by atoms with Crippen LogP contribution in [0, 0.1) is 0 Å². The number of ether oxygens (including phenoxy) is 2. The SMILES string of the molecule is CCOC(=O)C1=C(C)N(c2ccccc2)C(SC)=N[C@@H]1c1ccc(O)c(OCC)c1. The van der Waals surface area contributed by atoms with Crippen LogP contribution in [0.3, 0.4) is 0 Å². The highest BCUT2D eigenvalue weighted by atomic mass is 32.2. The zero-order valence-electron chi connectivity index (χ0n) is 17.6. The number of aliphatic imine (C=N–C) groups is 1. The van der Waals surface area contributed by atoms with Gasteiger partial charge in [-0.2, -0.15) is 0 Å². The van der Waals surface area contributed by atoms with Crippen LogP contribution in [-0.4, -0.2) is 35.7 Å². The summed E-state index contributed by atoms with van der Waals surface area (Å²) in [6.07, 6.45) is 1.96. The number of nitrogens with zero attached hydrogens (tertiary/aromatic N) is 2. The van der Waals surface area contributed by atoms with Gasteiger partial charge in [0, 0.05) is 11.4 Å². The van der Waals surface area contributed by atoms with E-state index in [1.807, 2.05) is 55.3 Å². The molecule has 1 aliphatic rings. The predicted octanol–water partition coefficient (Wildman–Crippen LogP) is 4.91. The van der Waals surface area contributed by atoms with E-state index in [-0.39, 0.29) is 12.4 Å². The summed E-state index contributed by atoms with van der Waals surface area (Å²) in [4.78, 5) is 19.9. The van der Waals surface area contributed by atoms with Gasteiger partial charge in [-0.25, -0.2) is 9.79 Å². The Balaban J connectivity index is 2.16. The molecule has 0 aliphatic carbocycles. The summed E-state index contributed by atoms with van der Waals surface area (Å²) in [5, 5.41) is 10.9. The van der Waals surface area contributed by atoms with E-state index >= 15 is 0 Å².